The number of carbonyl (C=O) groups is 2. The monoisotopic (exact) mass is 293 g/mol. The molecule has 0 heterocycles. The van der Waals surface area contributed by atoms with Crippen molar-refractivity contribution in [2.75, 3.05) is 6.54 Å². The zero-order valence-electron chi connectivity index (χ0n) is 13.0. The van der Waals surface area contributed by atoms with E-state index in [0.717, 1.165) is 5.56 Å². The van der Waals surface area contributed by atoms with Gasteiger partial charge in [0.2, 0.25) is 0 Å². The van der Waals surface area contributed by atoms with Gasteiger partial charge in [-0.3, -0.25) is 4.90 Å². The van der Waals surface area contributed by atoms with Crippen LogP contribution in [0.2, 0.25) is 0 Å². The molecule has 116 valence electrons. The van der Waals surface area contributed by atoms with Crippen molar-refractivity contribution in [1.82, 2.24) is 4.90 Å². The van der Waals surface area contributed by atoms with Crippen LogP contribution in [-0.4, -0.2) is 40.3 Å². The van der Waals surface area contributed by atoms with E-state index < -0.39 is 23.7 Å². The van der Waals surface area contributed by atoms with Gasteiger partial charge in [0, 0.05) is 13.0 Å². The number of carbonyl (C=O) groups excluding carboxylic acids is 1. The number of carboxylic acids is 1. The van der Waals surface area contributed by atoms with Crippen molar-refractivity contribution in [3.63, 3.8) is 0 Å². The van der Waals surface area contributed by atoms with Gasteiger partial charge < -0.3 is 9.84 Å². The van der Waals surface area contributed by atoms with Gasteiger partial charge in [-0.15, -0.1) is 0 Å². The summed E-state index contributed by atoms with van der Waals surface area (Å²) >= 11 is 0. The van der Waals surface area contributed by atoms with Crippen molar-refractivity contribution in [1.29, 1.82) is 0 Å². The van der Waals surface area contributed by atoms with Gasteiger partial charge in [-0.1, -0.05) is 30.3 Å². The van der Waals surface area contributed by atoms with E-state index in [1.807, 2.05) is 30.3 Å². The fraction of sp³-hybridized carbons (Fsp3) is 0.500. The van der Waals surface area contributed by atoms with Gasteiger partial charge in [0.1, 0.15) is 11.6 Å². The first-order chi connectivity index (χ1) is 9.74. The number of ether oxygens (including phenoxy) is 1. The molecular formula is C16H23NO4. The maximum absolute atomic E-state index is 12.2. The van der Waals surface area contributed by atoms with E-state index >= 15 is 0 Å². The first-order valence-corrected chi connectivity index (χ1v) is 7.01. The molecule has 0 aliphatic rings. The standard InChI is InChI=1S/C16H23NO4/c1-5-17(15(20)21-16(2,3)4)13(14(18)19)11-12-9-7-6-8-10-12/h6-10,13H,5,11H2,1-4H3,(H,18,19)/t13-/m1/s1. The minimum atomic E-state index is -1.04. The maximum atomic E-state index is 12.2. The van der Waals surface area contributed by atoms with Gasteiger partial charge in [0.25, 0.3) is 0 Å². The Morgan fingerprint density at radius 2 is 1.81 bits per heavy atom. The molecule has 0 unspecified atom stereocenters. The summed E-state index contributed by atoms with van der Waals surface area (Å²) in [4.78, 5) is 24.9. The lowest BCUT2D eigenvalue weighted by Gasteiger charge is -2.30. The van der Waals surface area contributed by atoms with E-state index in [9.17, 15) is 14.7 Å². The molecule has 0 aliphatic heterocycles. The zero-order valence-corrected chi connectivity index (χ0v) is 13.0. The highest BCUT2D eigenvalue weighted by Crippen LogP contribution is 2.15. The molecule has 0 bridgehead atoms. The summed E-state index contributed by atoms with van der Waals surface area (Å²) in [6.07, 6.45) is -0.350. The van der Waals surface area contributed by atoms with Crippen LogP contribution in [0.5, 0.6) is 0 Å². The molecule has 1 N–H and O–H groups in total. The number of likely N-dealkylation sites (N-methyl/N-ethyl adjacent to an activating group) is 1. The molecule has 5 nitrogen and oxygen atoms in total. The molecular weight excluding hydrogens is 270 g/mol. The molecule has 0 fully saturated rings. The molecule has 1 rings (SSSR count). The van der Waals surface area contributed by atoms with Gasteiger partial charge in [-0.25, -0.2) is 9.59 Å². The maximum Gasteiger partial charge on any atom is 0.411 e. The van der Waals surface area contributed by atoms with Crippen LogP contribution in [0.1, 0.15) is 33.3 Å². The summed E-state index contributed by atoms with van der Waals surface area (Å²) in [5, 5.41) is 9.43. The molecule has 0 radical (unpaired) electrons. The molecule has 5 heteroatoms. The average Bonchev–Trinajstić information content (AvgIpc) is 2.37. The fourth-order valence-corrected chi connectivity index (χ4v) is 1.97. The zero-order chi connectivity index (χ0) is 16.0. The second-order valence-corrected chi connectivity index (χ2v) is 5.81. The molecule has 1 atom stereocenters. The highest BCUT2D eigenvalue weighted by molar-refractivity contribution is 5.80. The molecule has 0 spiro atoms. The van der Waals surface area contributed by atoms with Crippen molar-refractivity contribution in [2.45, 2.75) is 45.8 Å². The smallest absolute Gasteiger partial charge is 0.411 e. The van der Waals surface area contributed by atoms with Crippen LogP contribution in [0.3, 0.4) is 0 Å². The molecule has 1 aromatic carbocycles. The predicted octanol–water partition coefficient (Wildman–Crippen LogP) is 2.94. The summed E-state index contributed by atoms with van der Waals surface area (Å²) in [5.74, 6) is -1.04. The SMILES string of the molecule is CCN(C(=O)OC(C)(C)C)[C@H](Cc1ccccc1)C(=O)O. The summed E-state index contributed by atoms with van der Waals surface area (Å²) in [6, 6.07) is 8.31. The Hall–Kier alpha value is -2.04. The Kier molecular flexibility index (Phi) is 5.76. The minimum absolute atomic E-state index is 0.253. The van der Waals surface area contributed by atoms with Gasteiger partial charge in [-0.05, 0) is 33.3 Å². The van der Waals surface area contributed by atoms with Crippen molar-refractivity contribution in [3.8, 4) is 0 Å². The molecule has 0 saturated heterocycles. The van der Waals surface area contributed by atoms with Gasteiger partial charge in [0.05, 0.1) is 0 Å². The molecule has 0 saturated carbocycles. The quantitative estimate of drug-likeness (QED) is 0.906. The lowest BCUT2D eigenvalue weighted by atomic mass is 10.0. The van der Waals surface area contributed by atoms with E-state index in [1.54, 1.807) is 27.7 Å². The Morgan fingerprint density at radius 3 is 2.24 bits per heavy atom. The topological polar surface area (TPSA) is 66.8 Å². The summed E-state index contributed by atoms with van der Waals surface area (Å²) in [5.41, 5.74) is 0.215. The first-order valence-electron chi connectivity index (χ1n) is 7.01. The molecule has 1 aromatic rings. The first kappa shape index (κ1) is 17.0. The van der Waals surface area contributed by atoms with Crippen LogP contribution in [0, 0.1) is 0 Å². The number of carboxylic acid groups (broad SMARTS) is 1. The van der Waals surface area contributed by atoms with E-state index in [0.29, 0.717) is 0 Å². The highest BCUT2D eigenvalue weighted by Gasteiger charge is 2.31. The molecule has 0 aliphatic carbocycles. The van der Waals surface area contributed by atoms with Crippen molar-refractivity contribution in [2.24, 2.45) is 0 Å². The Bertz CT molecular complexity index is 479. The van der Waals surface area contributed by atoms with E-state index in [1.165, 1.54) is 4.90 Å². The van der Waals surface area contributed by atoms with Crippen LogP contribution in [0.15, 0.2) is 30.3 Å². The molecule has 21 heavy (non-hydrogen) atoms. The average molecular weight is 293 g/mol. The lowest BCUT2D eigenvalue weighted by Crippen LogP contribution is -2.48. The third kappa shape index (κ3) is 5.45. The van der Waals surface area contributed by atoms with Crippen LogP contribution < -0.4 is 0 Å². The summed E-state index contributed by atoms with van der Waals surface area (Å²) in [7, 11) is 0. The molecule has 1 amide bonds. The van der Waals surface area contributed by atoms with E-state index in [4.69, 9.17) is 4.74 Å². The fourth-order valence-electron chi connectivity index (χ4n) is 1.97. The van der Waals surface area contributed by atoms with Crippen molar-refractivity contribution < 1.29 is 19.4 Å². The van der Waals surface area contributed by atoms with Crippen molar-refractivity contribution in [3.05, 3.63) is 35.9 Å². The number of amides is 1. The largest absolute Gasteiger partial charge is 0.480 e. The van der Waals surface area contributed by atoms with E-state index in [-0.39, 0.29) is 13.0 Å². The Labute approximate surface area is 125 Å². The number of rotatable bonds is 5. The number of aliphatic carboxylic acids is 1. The van der Waals surface area contributed by atoms with Crippen LogP contribution >= 0.6 is 0 Å². The number of hydrogen-bond donors (Lipinski definition) is 1. The normalized spacial score (nSPS) is 12.6. The predicted molar refractivity (Wildman–Crippen MR) is 80.2 cm³/mol. The third-order valence-corrected chi connectivity index (χ3v) is 2.90. The number of benzene rings is 1. The third-order valence-electron chi connectivity index (χ3n) is 2.90. The summed E-state index contributed by atoms with van der Waals surface area (Å²) < 4.78 is 5.28. The number of nitrogens with zero attached hydrogens (tertiary/aromatic N) is 1. The second-order valence-electron chi connectivity index (χ2n) is 5.81. The van der Waals surface area contributed by atoms with Gasteiger partial charge in [-0.2, -0.15) is 0 Å². The molecule has 0 aromatic heterocycles. The van der Waals surface area contributed by atoms with Gasteiger partial charge >= 0.3 is 12.1 Å². The number of hydrogen-bond acceptors (Lipinski definition) is 3. The van der Waals surface area contributed by atoms with Crippen LogP contribution in [0.4, 0.5) is 4.79 Å². The summed E-state index contributed by atoms with van der Waals surface area (Å²) in [6.45, 7) is 7.28. The highest BCUT2D eigenvalue weighted by atomic mass is 16.6. The van der Waals surface area contributed by atoms with Crippen molar-refractivity contribution >= 4 is 12.1 Å². The Balaban J connectivity index is 2.91. The van der Waals surface area contributed by atoms with Crippen LogP contribution in [0.25, 0.3) is 0 Å². The van der Waals surface area contributed by atoms with Gasteiger partial charge in [0.15, 0.2) is 0 Å². The van der Waals surface area contributed by atoms with Crippen LogP contribution in [-0.2, 0) is 16.0 Å². The minimum Gasteiger partial charge on any atom is -0.480 e. The Morgan fingerprint density at radius 1 is 1.24 bits per heavy atom. The second kappa shape index (κ2) is 7.11. The lowest BCUT2D eigenvalue weighted by molar-refractivity contribution is -0.143. The van der Waals surface area contributed by atoms with E-state index in [2.05, 4.69) is 0 Å².